The first kappa shape index (κ1) is 15.2. The van der Waals surface area contributed by atoms with Crippen LogP contribution in [0.5, 0.6) is 0 Å². The topological polar surface area (TPSA) is 54.4 Å². The summed E-state index contributed by atoms with van der Waals surface area (Å²) in [5, 5.41) is 9.51. The van der Waals surface area contributed by atoms with Gasteiger partial charge in [0, 0.05) is 12.3 Å². The molecule has 1 aliphatic rings. The van der Waals surface area contributed by atoms with E-state index in [4.69, 9.17) is 0 Å². The molecule has 0 aromatic heterocycles. The van der Waals surface area contributed by atoms with Crippen LogP contribution >= 0.6 is 0 Å². The Balaban J connectivity index is 2.59. The number of carbonyl (C=O) groups is 2. The predicted molar refractivity (Wildman–Crippen MR) is 83.7 cm³/mol. The molecule has 0 amide bonds. The van der Waals surface area contributed by atoms with Gasteiger partial charge < -0.3 is 9.90 Å². The molecular weight excluding hydrogens is 264 g/mol. The van der Waals surface area contributed by atoms with Crippen LogP contribution in [0.4, 0.5) is 0 Å². The van der Waals surface area contributed by atoms with Crippen molar-refractivity contribution in [2.75, 3.05) is 0 Å². The molecule has 1 aliphatic carbocycles. The molecule has 0 fully saturated rings. The number of hydrogen-bond acceptors (Lipinski definition) is 2. The number of aromatic carboxylic acids is 1. The molecule has 0 aliphatic heterocycles. The largest absolute Gasteiger partial charge is 0.478 e. The van der Waals surface area contributed by atoms with Crippen LogP contribution in [0.25, 0.3) is 6.08 Å². The zero-order valence-corrected chi connectivity index (χ0v) is 12.7. The predicted octanol–water partition coefficient (Wildman–Crippen LogP) is 4.04. The highest BCUT2D eigenvalue weighted by atomic mass is 16.4. The van der Waals surface area contributed by atoms with Crippen molar-refractivity contribution >= 4 is 17.8 Å². The third-order valence-corrected chi connectivity index (χ3v) is 4.20. The van der Waals surface area contributed by atoms with Gasteiger partial charge in [-0.15, -0.1) is 0 Å². The maximum Gasteiger partial charge on any atom is 0.336 e. The van der Waals surface area contributed by atoms with Crippen LogP contribution in [-0.2, 0) is 4.79 Å². The maximum absolute atomic E-state index is 11.6. The maximum atomic E-state index is 11.6. The van der Waals surface area contributed by atoms with E-state index in [-0.39, 0.29) is 11.7 Å². The summed E-state index contributed by atoms with van der Waals surface area (Å²) in [7, 11) is 0. The van der Waals surface area contributed by atoms with E-state index in [9.17, 15) is 14.7 Å². The van der Waals surface area contributed by atoms with E-state index < -0.39 is 5.97 Å². The SMILES string of the molecule is C=C1C=Cc2c(cc(C)c(C)c2C(=O)O)C1CCC(C)=O. The lowest BCUT2D eigenvalue weighted by atomic mass is 9.77. The fraction of sp³-hybridized carbons (Fsp3) is 0.333. The molecule has 0 bridgehead atoms. The Morgan fingerprint density at radius 3 is 2.52 bits per heavy atom. The summed E-state index contributed by atoms with van der Waals surface area (Å²) in [6, 6.07) is 2.04. The highest BCUT2D eigenvalue weighted by molar-refractivity contribution is 5.95. The molecule has 3 heteroatoms. The molecule has 3 nitrogen and oxygen atoms in total. The van der Waals surface area contributed by atoms with Gasteiger partial charge in [-0.1, -0.05) is 24.8 Å². The molecule has 1 aromatic carbocycles. The van der Waals surface area contributed by atoms with E-state index in [0.717, 1.165) is 27.8 Å². The minimum absolute atomic E-state index is 0.0197. The van der Waals surface area contributed by atoms with Crippen LogP contribution in [0.3, 0.4) is 0 Å². The summed E-state index contributed by atoms with van der Waals surface area (Å²) in [6.45, 7) is 9.38. The van der Waals surface area contributed by atoms with Crippen LogP contribution in [0.2, 0.25) is 0 Å². The second-order valence-electron chi connectivity index (χ2n) is 5.70. The first-order valence-electron chi connectivity index (χ1n) is 7.06. The third-order valence-electron chi connectivity index (χ3n) is 4.20. The van der Waals surface area contributed by atoms with Gasteiger partial charge in [-0.3, -0.25) is 0 Å². The van der Waals surface area contributed by atoms with Gasteiger partial charge in [0.05, 0.1) is 5.56 Å². The number of ketones is 1. The highest BCUT2D eigenvalue weighted by Crippen LogP contribution is 2.39. The normalized spacial score (nSPS) is 16.7. The third kappa shape index (κ3) is 2.82. The zero-order valence-electron chi connectivity index (χ0n) is 12.7. The van der Waals surface area contributed by atoms with E-state index in [1.165, 1.54) is 0 Å². The van der Waals surface area contributed by atoms with Gasteiger partial charge in [-0.25, -0.2) is 4.79 Å². The summed E-state index contributed by atoms with van der Waals surface area (Å²) in [5.41, 5.74) is 4.78. The highest BCUT2D eigenvalue weighted by Gasteiger charge is 2.26. The van der Waals surface area contributed by atoms with E-state index in [1.54, 1.807) is 6.92 Å². The van der Waals surface area contributed by atoms with Gasteiger partial charge in [0.15, 0.2) is 0 Å². The molecule has 1 N–H and O–H groups in total. The summed E-state index contributed by atoms with van der Waals surface area (Å²) < 4.78 is 0. The van der Waals surface area contributed by atoms with Crippen molar-refractivity contribution in [2.24, 2.45) is 0 Å². The Morgan fingerprint density at radius 2 is 1.95 bits per heavy atom. The minimum Gasteiger partial charge on any atom is -0.478 e. The summed E-state index contributed by atoms with van der Waals surface area (Å²) in [6.07, 6.45) is 4.85. The minimum atomic E-state index is -0.907. The van der Waals surface area contributed by atoms with Crippen molar-refractivity contribution in [3.05, 3.63) is 52.1 Å². The molecule has 1 aromatic rings. The molecule has 21 heavy (non-hydrogen) atoms. The van der Waals surface area contributed by atoms with Crippen molar-refractivity contribution in [1.82, 2.24) is 0 Å². The molecule has 1 unspecified atom stereocenters. The number of allylic oxidation sites excluding steroid dienone is 2. The van der Waals surface area contributed by atoms with Gasteiger partial charge in [-0.05, 0) is 55.0 Å². The number of carboxylic acid groups (broad SMARTS) is 1. The number of carboxylic acids is 1. The average Bonchev–Trinajstić information content (AvgIpc) is 2.39. The first-order valence-corrected chi connectivity index (χ1v) is 7.06. The molecule has 2 rings (SSSR count). The average molecular weight is 284 g/mol. The molecule has 0 saturated carbocycles. The Bertz CT molecular complexity index is 666. The first-order chi connectivity index (χ1) is 9.82. The lowest BCUT2D eigenvalue weighted by Gasteiger charge is -2.26. The number of carbonyl (C=O) groups excluding carboxylic acids is 1. The van der Waals surface area contributed by atoms with Crippen LogP contribution in [-0.4, -0.2) is 16.9 Å². The summed E-state index contributed by atoms with van der Waals surface area (Å²) in [5.74, 6) is -0.748. The molecule has 0 heterocycles. The fourth-order valence-corrected chi connectivity index (χ4v) is 2.90. The number of Topliss-reactive ketones (excluding diaryl/α,β-unsaturated/α-hetero) is 1. The Kier molecular flexibility index (Phi) is 4.12. The molecule has 110 valence electrons. The van der Waals surface area contributed by atoms with Gasteiger partial charge in [0.1, 0.15) is 5.78 Å². The second-order valence-corrected chi connectivity index (χ2v) is 5.70. The molecule has 0 spiro atoms. The lowest BCUT2D eigenvalue weighted by Crippen LogP contribution is -2.14. The Labute approximate surface area is 125 Å². The van der Waals surface area contributed by atoms with Crippen LogP contribution in [0.1, 0.15) is 58.3 Å². The molecule has 0 radical (unpaired) electrons. The van der Waals surface area contributed by atoms with Crippen molar-refractivity contribution in [1.29, 1.82) is 0 Å². The number of fused-ring (bicyclic) bond motifs is 1. The Hall–Kier alpha value is -2.16. The van der Waals surface area contributed by atoms with Crippen molar-refractivity contribution < 1.29 is 14.7 Å². The van der Waals surface area contributed by atoms with Crippen molar-refractivity contribution in [3.63, 3.8) is 0 Å². The van der Waals surface area contributed by atoms with Gasteiger partial charge in [0.25, 0.3) is 0 Å². The number of aryl methyl sites for hydroxylation is 1. The smallest absolute Gasteiger partial charge is 0.336 e. The van der Waals surface area contributed by atoms with E-state index in [0.29, 0.717) is 18.4 Å². The number of benzene rings is 1. The standard InChI is InChI=1S/C18H20O3/c1-10-5-7-15-16(14(10)8-6-12(3)19)9-11(2)13(4)17(15)18(20)21/h5,7,9,14H,1,6,8H2,2-4H3,(H,20,21). The molecular formula is C18H20O3. The zero-order chi connectivity index (χ0) is 15.7. The van der Waals surface area contributed by atoms with Crippen LogP contribution in [0.15, 0.2) is 24.3 Å². The molecule has 1 atom stereocenters. The Morgan fingerprint density at radius 1 is 1.29 bits per heavy atom. The van der Waals surface area contributed by atoms with E-state index in [2.05, 4.69) is 6.58 Å². The van der Waals surface area contributed by atoms with Gasteiger partial charge >= 0.3 is 5.97 Å². The van der Waals surface area contributed by atoms with Crippen LogP contribution < -0.4 is 0 Å². The van der Waals surface area contributed by atoms with Gasteiger partial charge in [0.2, 0.25) is 0 Å². The van der Waals surface area contributed by atoms with Crippen molar-refractivity contribution in [2.45, 2.75) is 39.5 Å². The van der Waals surface area contributed by atoms with E-state index in [1.807, 2.05) is 32.1 Å². The summed E-state index contributed by atoms with van der Waals surface area (Å²) in [4.78, 5) is 22.8. The fourth-order valence-electron chi connectivity index (χ4n) is 2.90. The molecule has 0 saturated heterocycles. The van der Waals surface area contributed by atoms with Gasteiger partial charge in [-0.2, -0.15) is 0 Å². The number of rotatable bonds is 4. The summed E-state index contributed by atoms with van der Waals surface area (Å²) >= 11 is 0. The monoisotopic (exact) mass is 284 g/mol. The lowest BCUT2D eigenvalue weighted by molar-refractivity contribution is -0.117. The van der Waals surface area contributed by atoms with E-state index >= 15 is 0 Å². The van der Waals surface area contributed by atoms with Crippen molar-refractivity contribution in [3.8, 4) is 0 Å². The van der Waals surface area contributed by atoms with Crippen LogP contribution in [0, 0.1) is 13.8 Å². The second kappa shape index (κ2) is 5.68. The quantitative estimate of drug-likeness (QED) is 0.908. The number of hydrogen-bond donors (Lipinski definition) is 1.